The average Bonchev–Trinajstić information content (AvgIpc) is 2.46. The lowest BCUT2D eigenvalue weighted by Gasteiger charge is -2.24. The Morgan fingerprint density at radius 2 is 1.65 bits per heavy atom. The lowest BCUT2D eigenvalue weighted by Crippen LogP contribution is -2.36. The number of carbonyl (C=O) groups is 2. The molecule has 0 aliphatic heterocycles. The molecule has 0 radical (unpaired) electrons. The zero-order chi connectivity index (χ0) is 15.1. The van der Waals surface area contributed by atoms with Crippen molar-refractivity contribution >= 4 is 34.8 Å². The van der Waals surface area contributed by atoms with Gasteiger partial charge in [0.15, 0.2) is 0 Å². The van der Waals surface area contributed by atoms with Crippen molar-refractivity contribution in [2.75, 3.05) is 32.2 Å². The molecule has 6 nitrogen and oxygen atoms in total. The standard InChI is InChI=1S/C13H16N2O4S/c1-18-11(16)7-15(8-12(17)19-2)10-6-4-3-5-9(10)13(14)20/h3-6H,7-8H2,1-2H3,(H2,14,20). The van der Waals surface area contributed by atoms with Gasteiger partial charge in [0.05, 0.1) is 14.2 Å². The van der Waals surface area contributed by atoms with Crippen LogP contribution < -0.4 is 10.6 Å². The second-order valence-corrected chi connectivity index (χ2v) is 4.33. The van der Waals surface area contributed by atoms with Crippen molar-refractivity contribution in [3.05, 3.63) is 29.8 Å². The SMILES string of the molecule is COC(=O)CN(CC(=O)OC)c1ccccc1C(N)=S. The molecule has 0 bridgehead atoms. The number of anilines is 1. The summed E-state index contributed by atoms with van der Waals surface area (Å²) >= 11 is 4.97. The van der Waals surface area contributed by atoms with Crippen LogP contribution in [0.3, 0.4) is 0 Å². The number of methoxy groups -OCH3 is 2. The Bertz CT molecular complexity index is 501. The Hall–Kier alpha value is -2.15. The van der Waals surface area contributed by atoms with E-state index in [-0.39, 0.29) is 18.1 Å². The molecule has 0 amide bonds. The van der Waals surface area contributed by atoms with Gasteiger partial charge in [-0.1, -0.05) is 24.4 Å². The predicted octanol–water partition coefficient (Wildman–Crippen LogP) is 0.473. The molecule has 0 atom stereocenters. The highest BCUT2D eigenvalue weighted by Crippen LogP contribution is 2.20. The van der Waals surface area contributed by atoms with E-state index in [2.05, 4.69) is 9.47 Å². The van der Waals surface area contributed by atoms with Crippen LogP contribution in [0.25, 0.3) is 0 Å². The Labute approximate surface area is 122 Å². The Morgan fingerprint density at radius 1 is 1.15 bits per heavy atom. The van der Waals surface area contributed by atoms with Crippen LogP contribution in [0.2, 0.25) is 0 Å². The molecule has 1 aromatic carbocycles. The second kappa shape index (κ2) is 7.44. The normalized spacial score (nSPS) is 9.70. The lowest BCUT2D eigenvalue weighted by molar-refractivity contribution is -0.140. The maximum absolute atomic E-state index is 11.5. The highest BCUT2D eigenvalue weighted by molar-refractivity contribution is 7.80. The number of thiocarbonyl (C=S) groups is 1. The number of nitrogens with two attached hydrogens (primary N) is 1. The number of carbonyl (C=O) groups excluding carboxylic acids is 2. The number of rotatable bonds is 6. The first-order chi connectivity index (χ1) is 9.49. The Kier molecular flexibility index (Phi) is 5.92. The summed E-state index contributed by atoms with van der Waals surface area (Å²) in [6.07, 6.45) is 0. The van der Waals surface area contributed by atoms with E-state index in [1.165, 1.54) is 19.1 Å². The van der Waals surface area contributed by atoms with Gasteiger partial charge < -0.3 is 20.1 Å². The minimum atomic E-state index is -0.480. The van der Waals surface area contributed by atoms with Crippen molar-refractivity contribution < 1.29 is 19.1 Å². The fourth-order valence-electron chi connectivity index (χ4n) is 1.62. The van der Waals surface area contributed by atoms with Gasteiger partial charge in [0, 0.05) is 11.3 Å². The summed E-state index contributed by atoms with van der Waals surface area (Å²) in [5.41, 5.74) is 6.81. The molecule has 108 valence electrons. The Morgan fingerprint density at radius 3 is 2.10 bits per heavy atom. The summed E-state index contributed by atoms with van der Waals surface area (Å²) < 4.78 is 9.24. The van der Waals surface area contributed by atoms with Crippen molar-refractivity contribution in [1.29, 1.82) is 0 Å². The van der Waals surface area contributed by atoms with Crippen LogP contribution in [0.15, 0.2) is 24.3 Å². The van der Waals surface area contributed by atoms with Gasteiger partial charge in [-0.25, -0.2) is 0 Å². The van der Waals surface area contributed by atoms with E-state index in [1.807, 2.05) is 0 Å². The molecule has 1 rings (SSSR count). The molecular formula is C13H16N2O4S. The first-order valence-corrected chi connectivity index (χ1v) is 6.17. The fraction of sp³-hybridized carbons (Fsp3) is 0.308. The van der Waals surface area contributed by atoms with Crippen molar-refractivity contribution in [1.82, 2.24) is 0 Å². The van der Waals surface area contributed by atoms with Crippen LogP contribution in [0, 0.1) is 0 Å². The lowest BCUT2D eigenvalue weighted by atomic mass is 10.1. The molecule has 0 aliphatic carbocycles. The Balaban J connectivity index is 3.12. The van der Waals surface area contributed by atoms with Crippen molar-refractivity contribution in [3.8, 4) is 0 Å². The topological polar surface area (TPSA) is 81.9 Å². The summed E-state index contributed by atoms with van der Waals surface area (Å²) in [5.74, 6) is -0.960. The zero-order valence-electron chi connectivity index (χ0n) is 11.3. The van der Waals surface area contributed by atoms with Gasteiger partial charge in [-0.2, -0.15) is 0 Å². The number of esters is 2. The minimum absolute atomic E-state index is 0.106. The predicted molar refractivity (Wildman–Crippen MR) is 78.6 cm³/mol. The van der Waals surface area contributed by atoms with Crippen LogP contribution >= 0.6 is 12.2 Å². The quantitative estimate of drug-likeness (QED) is 0.603. The molecule has 0 spiro atoms. The summed E-state index contributed by atoms with van der Waals surface area (Å²) in [5, 5.41) is 0. The molecule has 7 heteroatoms. The van der Waals surface area contributed by atoms with E-state index in [1.54, 1.807) is 24.3 Å². The van der Waals surface area contributed by atoms with Gasteiger partial charge in [-0.05, 0) is 12.1 Å². The van der Waals surface area contributed by atoms with Gasteiger partial charge >= 0.3 is 11.9 Å². The number of para-hydroxylation sites is 1. The van der Waals surface area contributed by atoms with Gasteiger partial charge in [0.25, 0.3) is 0 Å². The summed E-state index contributed by atoms with van der Waals surface area (Å²) in [7, 11) is 2.55. The molecule has 0 unspecified atom stereocenters. The summed E-state index contributed by atoms with van der Waals surface area (Å²) in [6, 6.07) is 6.98. The number of hydrogen-bond acceptors (Lipinski definition) is 6. The number of hydrogen-bond donors (Lipinski definition) is 1. The molecule has 0 saturated carbocycles. The maximum atomic E-state index is 11.5. The van der Waals surface area contributed by atoms with E-state index >= 15 is 0 Å². The number of nitrogens with zero attached hydrogens (tertiary/aromatic N) is 1. The van der Waals surface area contributed by atoms with E-state index in [9.17, 15) is 9.59 Å². The second-order valence-electron chi connectivity index (χ2n) is 3.89. The van der Waals surface area contributed by atoms with Crippen molar-refractivity contribution in [3.63, 3.8) is 0 Å². The number of ether oxygens (including phenoxy) is 2. The molecular weight excluding hydrogens is 280 g/mol. The monoisotopic (exact) mass is 296 g/mol. The smallest absolute Gasteiger partial charge is 0.325 e. The number of benzene rings is 1. The molecule has 1 aromatic rings. The van der Waals surface area contributed by atoms with Crippen LogP contribution in [-0.2, 0) is 19.1 Å². The molecule has 0 fully saturated rings. The average molecular weight is 296 g/mol. The zero-order valence-corrected chi connectivity index (χ0v) is 12.1. The van der Waals surface area contributed by atoms with Crippen molar-refractivity contribution in [2.24, 2.45) is 5.73 Å². The first kappa shape index (κ1) is 15.9. The molecule has 20 heavy (non-hydrogen) atoms. The summed E-state index contributed by atoms with van der Waals surface area (Å²) in [6.45, 7) is -0.212. The third kappa shape index (κ3) is 4.20. The van der Waals surface area contributed by atoms with Crippen LogP contribution in [0.1, 0.15) is 5.56 Å². The van der Waals surface area contributed by atoms with Gasteiger partial charge in [-0.15, -0.1) is 0 Å². The van der Waals surface area contributed by atoms with Gasteiger partial charge in [-0.3, -0.25) is 9.59 Å². The third-order valence-electron chi connectivity index (χ3n) is 2.61. The molecule has 0 saturated heterocycles. The van der Waals surface area contributed by atoms with Crippen LogP contribution in [-0.4, -0.2) is 44.2 Å². The van der Waals surface area contributed by atoms with E-state index in [0.29, 0.717) is 11.3 Å². The fourth-order valence-corrected chi connectivity index (χ4v) is 1.80. The highest BCUT2D eigenvalue weighted by Gasteiger charge is 2.19. The van der Waals surface area contributed by atoms with E-state index in [4.69, 9.17) is 18.0 Å². The molecule has 0 heterocycles. The van der Waals surface area contributed by atoms with Crippen LogP contribution in [0.5, 0.6) is 0 Å². The maximum Gasteiger partial charge on any atom is 0.325 e. The summed E-state index contributed by atoms with van der Waals surface area (Å²) in [4.78, 5) is 24.6. The minimum Gasteiger partial charge on any atom is -0.468 e. The molecule has 0 aromatic heterocycles. The van der Waals surface area contributed by atoms with Gasteiger partial charge in [0.2, 0.25) is 0 Å². The largest absolute Gasteiger partial charge is 0.468 e. The van der Waals surface area contributed by atoms with Crippen LogP contribution in [0.4, 0.5) is 5.69 Å². The van der Waals surface area contributed by atoms with E-state index < -0.39 is 11.9 Å². The highest BCUT2D eigenvalue weighted by atomic mass is 32.1. The van der Waals surface area contributed by atoms with E-state index in [0.717, 1.165) is 0 Å². The first-order valence-electron chi connectivity index (χ1n) is 5.77. The van der Waals surface area contributed by atoms with Crippen molar-refractivity contribution in [2.45, 2.75) is 0 Å². The molecule has 2 N–H and O–H groups in total. The third-order valence-corrected chi connectivity index (χ3v) is 2.83. The van der Waals surface area contributed by atoms with Gasteiger partial charge in [0.1, 0.15) is 18.1 Å². The molecule has 0 aliphatic rings.